The molecule has 0 bridgehead atoms. The number of para-hydroxylation sites is 2. The zero-order chi connectivity index (χ0) is 19.7. The highest BCUT2D eigenvalue weighted by Crippen LogP contribution is 2.28. The number of hydrogen-bond acceptors (Lipinski definition) is 3. The second-order valence-electron chi connectivity index (χ2n) is 7.72. The van der Waals surface area contributed by atoms with Crippen LogP contribution in [0.15, 0.2) is 42.5 Å². The van der Waals surface area contributed by atoms with Crippen molar-refractivity contribution in [3.8, 4) is 5.75 Å². The number of ether oxygens (including phenoxy) is 1. The first kappa shape index (κ1) is 18.5. The quantitative estimate of drug-likeness (QED) is 0.735. The van der Waals surface area contributed by atoms with Gasteiger partial charge in [0.25, 0.3) is 5.91 Å². The Kier molecular flexibility index (Phi) is 5.07. The number of aromatic amines is 1. The van der Waals surface area contributed by atoms with Crippen molar-refractivity contribution >= 4 is 16.9 Å². The molecule has 4 rings (SSSR count). The SMILES string of the molecule is Cc1cccc(O[C@H](C)C(=O)N2CCC[C@H](c3nc4ccccc4[nH]3)C2)c1C. The first-order valence-electron chi connectivity index (χ1n) is 9.99. The van der Waals surface area contributed by atoms with Crippen LogP contribution in [-0.4, -0.2) is 40.0 Å². The van der Waals surface area contributed by atoms with Gasteiger partial charge in [-0.05, 0) is 62.9 Å². The number of likely N-dealkylation sites (tertiary alicyclic amines) is 1. The molecule has 1 aliphatic heterocycles. The number of carbonyl (C=O) groups is 1. The highest BCUT2D eigenvalue weighted by molar-refractivity contribution is 5.81. The predicted molar refractivity (Wildman–Crippen MR) is 111 cm³/mol. The Morgan fingerprint density at radius 2 is 2.04 bits per heavy atom. The maximum Gasteiger partial charge on any atom is 0.263 e. The van der Waals surface area contributed by atoms with Crippen LogP contribution < -0.4 is 4.74 Å². The molecule has 1 amide bonds. The van der Waals surface area contributed by atoms with Crippen LogP contribution >= 0.6 is 0 Å². The summed E-state index contributed by atoms with van der Waals surface area (Å²) in [4.78, 5) is 23.1. The molecule has 1 saturated heterocycles. The molecule has 2 atom stereocenters. The van der Waals surface area contributed by atoms with Gasteiger partial charge in [0.05, 0.1) is 11.0 Å². The van der Waals surface area contributed by atoms with Gasteiger partial charge >= 0.3 is 0 Å². The van der Waals surface area contributed by atoms with E-state index in [-0.39, 0.29) is 11.8 Å². The molecule has 146 valence electrons. The third-order valence-electron chi connectivity index (χ3n) is 5.73. The topological polar surface area (TPSA) is 58.2 Å². The fourth-order valence-electron chi connectivity index (χ4n) is 3.92. The van der Waals surface area contributed by atoms with E-state index in [0.29, 0.717) is 6.54 Å². The van der Waals surface area contributed by atoms with Crippen molar-refractivity contribution < 1.29 is 9.53 Å². The van der Waals surface area contributed by atoms with E-state index in [4.69, 9.17) is 9.72 Å². The Labute approximate surface area is 165 Å². The molecule has 0 saturated carbocycles. The fraction of sp³-hybridized carbons (Fsp3) is 0.391. The Balaban J connectivity index is 1.46. The van der Waals surface area contributed by atoms with Crippen LogP contribution in [0, 0.1) is 13.8 Å². The van der Waals surface area contributed by atoms with Crippen molar-refractivity contribution in [2.75, 3.05) is 13.1 Å². The van der Waals surface area contributed by atoms with Gasteiger partial charge in [0.2, 0.25) is 0 Å². The van der Waals surface area contributed by atoms with Gasteiger partial charge in [0.15, 0.2) is 6.10 Å². The van der Waals surface area contributed by atoms with E-state index in [1.807, 2.05) is 55.1 Å². The number of aromatic nitrogens is 2. The Morgan fingerprint density at radius 1 is 1.21 bits per heavy atom. The van der Waals surface area contributed by atoms with E-state index in [0.717, 1.165) is 47.6 Å². The van der Waals surface area contributed by atoms with Crippen molar-refractivity contribution in [3.63, 3.8) is 0 Å². The molecule has 2 aromatic carbocycles. The normalized spacial score (nSPS) is 18.2. The van der Waals surface area contributed by atoms with Gasteiger partial charge in [-0.1, -0.05) is 24.3 Å². The molecular weight excluding hydrogens is 350 g/mol. The number of fused-ring (bicyclic) bond motifs is 1. The lowest BCUT2D eigenvalue weighted by atomic mass is 9.97. The second kappa shape index (κ2) is 7.66. The number of H-pyrrole nitrogens is 1. The molecule has 1 N–H and O–H groups in total. The summed E-state index contributed by atoms with van der Waals surface area (Å²) in [5.74, 6) is 2.04. The maximum atomic E-state index is 13.0. The first-order chi connectivity index (χ1) is 13.5. The number of nitrogens with zero attached hydrogens (tertiary/aromatic N) is 2. The molecule has 5 nitrogen and oxygen atoms in total. The van der Waals surface area contributed by atoms with Crippen LogP contribution in [0.25, 0.3) is 11.0 Å². The fourth-order valence-corrected chi connectivity index (χ4v) is 3.92. The monoisotopic (exact) mass is 377 g/mol. The lowest BCUT2D eigenvalue weighted by Gasteiger charge is -2.33. The largest absolute Gasteiger partial charge is 0.481 e. The molecule has 1 fully saturated rings. The number of nitrogens with one attached hydrogen (secondary N) is 1. The summed E-state index contributed by atoms with van der Waals surface area (Å²) < 4.78 is 6.02. The zero-order valence-corrected chi connectivity index (χ0v) is 16.7. The molecule has 0 radical (unpaired) electrons. The van der Waals surface area contributed by atoms with Gasteiger partial charge in [-0.25, -0.2) is 4.98 Å². The number of carbonyl (C=O) groups excluding carboxylic acids is 1. The third-order valence-corrected chi connectivity index (χ3v) is 5.73. The average Bonchev–Trinajstić information content (AvgIpc) is 3.15. The standard InChI is InChI=1S/C23H27N3O2/c1-15-8-6-12-21(16(15)2)28-17(3)23(27)26-13-7-9-18(14-26)22-24-19-10-4-5-11-20(19)25-22/h4-6,8,10-12,17-18H,7,9,13-14H2,1-3H3,(H,24,25)/t17-,18+/m1/s1. The van der Waals surface area contributed by atoms with Gasteiger partial charge in [-0.3, -0.25) is 4.79 Å². The van der Waals surface area contributed by atoms with Gasteiger partial charge in [0.1, 0.15) is 11.6 Å². The summed E-state index contributed by atoms with van der Waals surface area (Å²) in [5, 5.41) is 0. The van der Waals surface area contributed by atoms with E-state index in [1.54, 1.807) is 0 Å². The van der Waals surface area contributed by atoms with E-state index < -0.39 is 6.10 Å². The molecule has 5 heteroatoms. The van der Waals surface area contributed by atoms with E-state index in [2.05, 4.69) is 18.0 Å². The lowest BCUT2D eigenvalue weighted by Crippen LogP contribution is -2.45. The molecule has 0 spiro atoms. The van der Waals surface area contributed by atoms with Gasteiger partial charge in [-0.15, -0.1) is 0 Å². The lowest BCUT2D eigenvalue weighted by molar-refractivity contribution is -0.139. The highest BCUT2D eigenvalue weighted by Gasteiger charge is 2.30. The van der Waals surface area contributed by atoms with Crippen molar-refractivity contribution in [1.82, 2.24) is 14.9 Å². The van der Waals surface area contributed by atoms with E-state index in [1.165, 1.54) is 5.56 Å². The molecule has 2 heterocycles. The van der Waals surface area contributed by atoms with Crippen molar-refractivity contribution in [2.45, 2.75) is 45.6 Å². The summed E-state index contributed by atoms with van der Waals surface area (Å²) in [5.41, 5.74) is 4.28. The zero-order valence-electron chi connectivity index (χ0n) is 16.7. The number of imidazole rings is 1. The molecule has 0 aliphatic carbocycles. The van der Waals surface area contributed by atoms with Crippen LogP contribution in [0.5, 0.6) is 5.75 Å². The number of rotatable bonds is 4. The van der Waals surface area contributed by atoms with Crippen molar-refractivity contribution in [2.24, 2.45) is 0 Å². The van der Waals surface area contributed by atoms with Crippen LogP contribution in [0.1, 0.15) is 42.6 Å². The Hall–Kier alpha value is -2.82. The molecule has 3 aromatic rings. The van der Waals surface area contributed by atoms with Crippen LogP contribution in [0.3, 0.4) is 0 Å². The number of aryl methyl sites for hydroxylation is 1. The van der Waals surface area contributed by atoms with Gasteiger partial charge < -0.3 is 14.6 Å². The summed E-state index contributed by atoms with van der Waals surface area (Å²) >= 11 is 0. The van der Waals surface area contributed by atoms with Crippen LogP contribution in [0.2, 0.25) is 0 Å². The number of piperidine rings is 1. The van der Waals surface area contributed by atoms with Crippen LogP contribution in [0.4, 0.5) is 0 Å². The average molecular weight is 377 g/mol. The summed E-state index contributed by atoms with van der Waals surface area (Å²) in [6, 6.07) is 14.0. The number of benzene rings is 2. The second-order valence-corrected chi connectivity index (χ2v) is 7.72. The first-order valence-corrected chi connectivity index (χ1v) is 9.99. The molecular formula is C23H27N3O2. The molecule has 28 heavy (non-hydrogen) atoms. The molecule has 0 unspecified atom stereocenters. The smallest absolute Gasteiger partial charge is 0.263 e. The van der Waals surface area contributed by atoms with Gasteiger partial charge in [0, 0.05) is 19.0 Å². The maximum absolute atomic E-state index is 13.0. The predicted octanol–water partition coefficient (Wildman–Crippen LogP) is 4.35. The number of amides is 1. The van der Waals surface area contributed by atoms with Crippen molar-refractivity contribution in [1.29, 1.82) is 0 Å². The Morgan fingerprint density at radius 3 is 2.86 bits per heavy atom. The number of hydrogen-bond donors (Lipinski definition) is 1. The summed E-state index contributed by atoms with van der Waals surface area (Å²) in [6.07, 6.45) is 1.51. The minimum absolute atomic E-state index is 0.0433. The van der Waals surface area contributed by atoms with E-state index in [9.17, 15) is 4.79 Å². The van der Waals surface area contributed by atoms with Crippen molar-refractivity contribution in [3.05, 3.63) is 59.4 Å². The third kappa shape index (κ3) is 3.61. The molecule has 1 aliphatic rings. The minimum atomic E-state index is -0.505. The Bertz CT molecular complexity index is 961. The summed E-state index contributed by atoms with van der Waals surface area (Å²) in [7, 11) is 0. The van der Waals surface area contributed by atoms with Crippen LogP contribution in [-0.2, 0) is 4.79 Å². The molecule has 1 aromatic heterocycles. The highest BCUT2D eigenvalue weighted by atomic mass is 16.5. The minimum Gasteiger partial charge on any atom is -0.481 e. The van der Waals surface area contributed by atoms with E-state index >= 15 is 0 Å². The van der Waals surface area contributed by atoms with Gasteiger partial charge in [-0.2, -0.15) is 0 Å². The summed E-state index contributed by atoms with van der Waals surface area (Å²) in [6.45, 7) is 7.38.